The molecular weight excluding hydrogens is 1510 g/mol. The Labute approximate surface area is 744 Å². The summed E-state index contributed by atoms with van der Waals surface area (Å²) in [6, 6.07) is 19.9. The van der Waals surface area contributed by atoms with E-state index in [2.05, 4.69) is 451 Å². The second-order valence-corrected chi connectivity index (χ2v) is 48.7. The molecule has 19 heteroatoms. The summed E-state index contributed by atoms with van der Waals surface area (Å²) in [6.45, 7) is 109. The van der Waals surface area contributed by atoms with E-state index < -0.39 is 0 Å². The Bertz CT molecular complexity index is 3840. The summed E-state index contributed by atoms with van der Waals surface area (Å²) >= 11 is 0. The van der Waals surface area contributed by atoms with Crippen molar-refractivity contribution < 1.29 is 4.52 Å². The van der Waals surface area contributed by atoms with Gasteiger partial charge in [0.05, 0.1) is 52.3 Å². The van der Waals surface area contributed by atoms with Gasteiger partial charge < -0.3 is 4.52 Å². The molecule has 7 heterocycles. The van der Waals surface area contributed by atoms with E-state index in [9.17, 15) is 0 Å². The predicted molar refractivity (Wildman–Crippen MR) is 513 cm³/mol. The van der Waals surface area contributed by atoms with E-state index in [1.165, 1.54) is 22.3 Å². The molecule has 0 N–H and O–H groups in total. The lowest BCUT2D eigenvalue weighted by Gasteiger charge is -2.24. The number of hydrogen-bond donors (Lipinski definition) is 0. The van der Waals surface area contributed by atoms with Crippen LogP contribution in [0.5, 0.6) is 0 Å². The molecule has 0 aliphatic heterocycles. The third-order valence-electron chi connectivity index (χ3n) is 18.8. The standard InChI is InChI=1S/C14H22.C13H20.2C12H20N2.3C11H19N3.C10H18N4.C9H15NO/c1-13(2,3)11-8-7-9-12(10-11)14(4,5)6;1-10(2)11-6-8-12(9-7-11)13(3,4)5;1-11(2,3)9-7-14-10(8-13-9)12(4,5)6;1-11(2,3)9-7-13-8-10(14-9)12(4,5)6;1-10(2,3)8-12-7-13-9(14-8)11(4,5)6;1-10(2,3)8-7-12-14-9(13-8)11(4,5)6;1-10(2,3)8-7-12-9(14-13-8)11(4,5)6;1-9(2,3)7-11-13-8(14-12-7)10(4,5)6;1-6(2)8-5-9(7(3)4)11-10-8/h7-10H,1-6H3;6-10H,1-5H3;2*7-8H,1-6H3;3*7H,1-6H3;1-6H3;5-7H,1-4H3. The van der Waals surface area contributed by atoms with Gasteiger partial charge in [-0.1, -0.05) is 407 Å². The molecule has 0 amide bonds. The highest BCUT2D eigenvalue weighted by Crippen LogP contribution is 2.33. The molecule has 0 spiro atoms. The zero-order chi connectivity index (χ0) is 95.4. The Morgan fingerprint density at radius 3 is 0.844 bits per heavy atom. The van der Waals surface area contributed by atoms with Crippen LogP contribution in [0.25, 0.3) is 0 Å². The maximum Gasteiger partial charge on any atom is 0.178 e. The minimum atomic E-state index is -0.0869. The van der Waals surface area contributed by atoms with Crippen molar-refractivity contribution in [3.8, 4) is 0 Å². The number of hydrogen-bond acceptors (Lipinski definition) is 19. The first-order valence-electron chi connectivity index (χ1n) is 44.0. The molecule has 0 aliphatic carbocycles. The van der Waals surface area contributed by atoms with Crippen LogP contribution in [0.2, 0.25) is 0 Å². The van der Waals surface area contributed by atoms with Gasteiger partial charge in [-0.3, -0.25) is 19.9 Å². The van der Waals surface area contributed by atoms with Crippen LogP contribution >= 0.6 is 0 Å². The SMILES string of the molecule is CC(C)(C)c1cccc(C(C)(C)C)c1.CC(C)(C)c1cnc(C(C)(C)C)cn1.CC(C)(C)c1cnc(C(C)(C)C)nn1.CC(C)(C)c1cncc(C(C)(C)C)n1.CC(C)(C)c1cnnc(C(C)(C)C)n1.CC(C)(C)c1ncnc(C(C)(C)C)n1.CC(C)(C)c1nnc(C(C)(C)C)nn1.CC(C)c1cc(C(C)C)on1.CC(C)c1ccc(C(C)(C)C)cc1. The summed E-state index contributed by atoms with van der Waals surface area (Å²) in [5, 5.41) is 36.8. The zero-order valence-corrected chi connectivity index (χ0v) is 86.9. The van der Waals surface area contributed by atoms with Gasteiger partial charge in [-0.15, -0.1) is 30.6 Å². The van der Waals surface area contributed by atoms with Crippen molar-refractivity contribution in [2.24, 2.45) is 0 Å². The van der Waals surface area contributed by atoms with Crippen LogP contribution in [0.15, 0.2) is 103 Å². The maximum absolute atomic E-state index is 5.14. The van der Waals surface area contributed by atoms with E-state index in [-0.39, 0.29) is 81.2 Å². The monoisotopic (exact) mass is 1680 g/mol. The average molecular weight is 1680 g/mol. The van der Waals surface area contributed by atoms with Crippen molar-refractivity contribution in [3.05, 3.63) is 201 Å². The molecule has 0 saturated carbocycles. The number of benzene rings is 2. The van der Waals surface area contributed by atoms with Crippen LogP contribution in [0.4, 0.5) is 0 Å². The van der Waals surface area contributed by atoms with Gasteiger partial charge in [-0.05, 0) is 50.3 Å². The first-order chi connectivity index (χ1) is 54.5. The molecule has 0 atom stereocenters. The third-order valence-corrected chi connectivity index (χ3v) is 18.8. The molecule has 0 saturated heterocycles. The summed E-state index contributed by atoms with van der Waals surface area (Å²) < 4.78 is 5.14. The summed E-state index contributed by atoms with van der Waals surface area (Å²) in [7, 11) is 0. The molecule has 19 nitrogen and oxygen atoms in total. The lowest BCUT2D eigenvalue weighted by atomic mass is 9.81. The first-order valence-corrected chi connectivity index (χ1v) is 44.0. The largest absolute Gasteiger partial charge is 0.361 e. The quantitative estimate of drug-likeness (QED) is 0.159. The Morgan fingerprint density at radius 1 is 0.238 bits per heavy atom. The van der Waals surface area contributed by atoms with Crippen LogP contribution in [0, 0.1) is 0 Å². The summed E-state index contributed by atoms with van der Waals surface area (Å²) in [5.41, 5.74) is 13.8. The molecule has 122 heavy (non-hydrogen) atoms. The Morgan fingerprint density at radius 2 is 0.574 bits per heavy atom. The van der Waals surface area contributed by atoms with Gasteiger partial charge in [0, 0.05) is 102 Å². The molecule has 0 aliphatic rings. The second-order valence-electron chi connectivity index (χ2n) is 48.7. The topological polar surface area (TPSA) is 245 Å². The van der Waals surface area contributed by atoms with Crippen LogP contribution in [-0.2, 0) is 81.2 Å². The van der Waals surface area contributed by atoms with Gasteiger partial charge >= 0.3 is 0 Å². The van der Waals surface area contributed by atoms with Crippen molar-refractivity contribution in [1.29, 1.82) is 0 Å². The second kappa shape index (κ2) is 43.6. The number of rotatable bonds is 3. The van der Waals surface area contributed by atoms with Crippen molar-refractivity contribution in [2.45, 2.75) is 452 Å². The smallest absolute Gasteiger partial charge is 0.178 e. The lowest BCUT2D eigenvalue weighted by molar-refractivity contribution is 0.363. The number of nitrogens with zero attached hydrogens (tertiary/aromatic N) is 18. The fourth-order valence-corrected chi connectivity index (χ4v) is 9.65. The van der Waals surface area contributed by atoms with Crippen LogP contribution in [0.1, 0.15) is 474 Å². The Balaban J connectivity index is 0.000000687. The third kappa shape index (κ3) is 41.1. The molecule has 0 fully saturated rings. The van der Waals surface area contributed by atoms with Crippen molar-refractivity contribution >= 4 is 0 Å². The normalized spacial score (nSPS) is 12.8. The average Bonchev–Trinajstić information content (AvgIpc) is 0.939. The molecule has 0 radical (unpaired) electrons. The van der Waals surface area contributed by atoms with Gasteiger partial charge in [-0.25, -0.2) is 24.9 Å². The molecule has 680 valence electrons. The van der Waals surface area contributed by atoms with Crippen molar-refractivity contribution in [1.82, 2.24) is 90.8 Å². The highest BCUT2D eigenvalue weighted by atomic mass is 16.5. The zero-order valence-electron chi connectivity index (χ0n) is 86.9. The first kappa shape index (κ1) is 112. The molecule has 9 rings (SSSR count). The Hall–Kier alpha value is -8.22. The van der Waals surface area contributed by atoms with E-state index in [1.54, 1.807) is 12.5 Å². The van der Waals surface area contributed by atoms with Crippen LogP contribution in [0.3, 0.4) is 0 Å². The summed E-state index contributed by atoms with van der Waals surface area (Å²) in [4.78, 5) is 39.6. The van der Waals surface area contributed by atoms with Crippen LogP contribution in [-0.4, -0.2) is 90.8 Å². The van der Waals surface area contributed by atoms with Gasteiger partial charge in [0.15, 0.2) is 23.3 Å². The molecule has 0 bridgehead atoms. The van der Waals surface area contributed by atoms with Gasteiger partial charge in [0.25, 0.3) is 0 Å². The van der Waals surface area contributed by atoms with E-state index >= 15 is 0 Å². The molecule has 0 unspecified atom stereocenters. The molecule has 2 aromatic carbocycles. The van der Waals surface area contributed by atoms with E-state index in [0.29, 0.717) is 29.4 Å². The molecule has 7 aromatic heterocycles. The number of aromatic nitrogens is 18. The predicted octanol–water partition coefficient (Wildman–Crippen LogP) is 26.7. The highest BCUT2D eigenvalue weighted by molar-refractivity contribution is 5.33. The fraction of sp³-hybridized carbons (Fsp3) is 0.670. The molecular formula is C103H172N18O. The Kier molecular flexibility index (Phi) is 39.9. The van der Waals surface area contributed by atoms with E-state index in [0.717, 1.165) is 68.9 Å². The minimum Gasteiger partial charge on any atom is -0.361 e. The highest BCUT2D eigenvalue weighted by Gasteiger charge is 2.29. The molecule has 9 aromatic rings. The van der Waals surface area contributed by atoms with Crippen LogP contribution < -0.4 is 0 Å². The van der Waals surface area contributed by atoms with Crippen molar-refractivity contribution in [2.75, 3.05) is 0 Å². The van der Waals surface area contributed by atoms with Gasteiger partial charge in [0.1, 0.15) is 23.7 Å². The van der Waals surface area contributed by atoms with Crippen molar-refractivity contribution in [3.63, 3.8) is 0 Å². The van der Waals surface area contributed by atoms with E-state index in [1.807, 2.05) is 78.6 Å². The minimum absolute atomic E-state index is 0.0110. The van der Waals surface area contributed by atoms with E-state index in [4.69, 9.17) is 4.52 Å². The maximum atomic E-state index is 5.14. The lowest BCUT2D eigenvalue weighted by Crippen LogP contribution is -2.23. The van der Waals surface area contributed by atoms with Gasteiger partial charge in [0.2, 0.25) is 0 Å². The van der Waals surface area contributed by atoms with Gasteiger partial charge in [-0.2, -0.15) is 10.2 Å². The fourth-order valence-electron chi connectivity index (χ4n) is 9.65. The summed E-state index contributed by atoms with van der Waals surface area (Å²) in [5.74, 6) is 7.21. The summed E-state index contributed by atoms with van der Waals surface area (Å²) in [6.07, 6.45) is 12.7.